The normalized spacial score (nSPS) is 17.5. The lowest BCUT2D eigenvalue weighted by Gasteiger charge is -2.29. The predicted octanol–water partition coefficient (Wildman–Crippen LogP) is 4.27. The van der Waals surface area contributed by atoms with Gasteiger partial charge in [-0.25, -0.2) is 8.78 Å². The molecule has 0 amide bonds. The van der Waals surface area contributed by atoms with Gasteiger partial charge in [-0.2, -0.15) is 0 Å². The van der Waals surface area contributed by atoms with Gasteiger partial charge >= 0.3 is 0 Å². The molecule has 7 heteroatoms. The Kier molecular flexibility index (Phi) is 10.5. The lowest BCUT2D eigenvalue weighted by Crippen LogP contribution is -2.44. The summed E-state index contributed by atoms with van der Waals surface area (Å²) in [7, 11) is 0. The van der Waals surface area contributed by atoms with Gasteiger partial charge in [-0.05, 0) is 66.5 Å². The van der Waals surface area contributed by atoms with Crippen molar-refractivity contribution in [2.24, 2.45) is 5.73 Å². The molecule has 2 aromatic carbocycles. The van der Waals surface area contributed by atoms with Gasteiger partial charge in [0.25, 0.3) is 0 Å². The SMILES string of the molecule is CCc1ccc2c(c1)C(NCC(O)C(N)Cc1cc(F)cc(F)c1)CCC2.Cl.Cl. The first kappa shape index (κ1) is 25.8. The summed E-state index contributed by atoms with van der Waals surface area (Å²) in [6.07, 6.45) is 3.65. The molecule has 0 spiro atoms. The summed E-state index contributed by atoms with van der Waals surface area (Å²) in [6, 6.07) is 9.61. The van der Waals surface area contributed by atoms with Crippen LogP contribution in [0.3, 0.4) is 0 Å². The van der Waals surface area contributed by atoms with E-state index in [2.05, 4.69) is 30.4 Å². The van der Waals surface area contributed by atoms with Crippen molar-refractivity contribution < 1.29 is 13.9 Å². The lowest BCUT2D eigenvalue weighted by molar-refractivity contribution is 0.136. The van der Waals surface area contributed by atoms with Gasteiger partial charge in [0.1, 0.15) is 11.6 Å². The van der Waals surface area contributed by atoms with Crippen molar-refractivity contribution in [3.05, 3.63) is 70.3 Å². The van der Waals surface area contributed by atoms with Crippen molar-refractivity contribution in [1.82, 2.24) is 5.32 Å². The summed E-state index contributed by atoms with van der Waals surface area (Å²) in [5.74, 6) is -1.26. The molecule has 29 heavy (non-hydrogen) atoms. The van der Waals surface area contributed by atoms with Crippen LogP contribution in [0.5, 0.6) is 0 Å². The van der Waals surface area contributed by atoms with Crippen molar-refractivity contribution in [2.75, 3.05) is 6.54 Å². The van der Waals surface area contributed by atoms with E-state index in [0.717, 1.165) is 31.7 Å². The second kappa shape index (κ2) is 11.8. The Labute approximate surface area is 183 Å². The molecule has 3 nitrogen and oxygen atoms in total. The van der Waals surface area contributed by atoms with Crippen LogP contribution in [0.25, 0.3) is 0 Å². The fraction of sp³-hybridized carbons (Fsp3) is 0.455. The van der Waals surface area contributed by atoms with Crippen LogP contribution in [0, 0.1) is 11.6 Å². The van der Waals surface area contributed by atoms with Crippen LogP contribution >= 0.6 is 24.8 Å². The molecule has 0 saturated heterocycles. The number of aliphatic hydroxyl groups excluding tert-OH is 1. The Balaban J connectivity index is 0.00000210. The number of aryl methyl sites for hydroxylation is 2. The number of benzene rings is 2. The van der Waals surface area contributed by atoms with Crippen LogP contribution in [-0.4, -0.2) is 23.8 Å². The van der Waals surface area contributed by atoms with E-state index in [1.165, 1.54) is 28.8 Å². The summed E-state index contributed by atoms with van der Waals surface area (Å²) in [4.78, 5) is 0. The van der Waals surface area contributed by atoms with Gasteiger partial charge in [-0.1, -0.05) is 25.1 Å². The number of halogens is 4. The van der Waals surface area contributed by atoms with Gasteiger partial charge in [-0.3, -0.25) is 0 Å². The van der Waals surface area contributed by atoms with Crippen LogP contribution in [0.15, 0.2) is 36.4 Å². The Hall–Kier alpha value is -1.24. The molecular weight excluding hydrogens is 417 g/mol. The molecule has 0 fully saturated rings. The molecule has 3 rings (SSSR count). The minimum absolute atomic E-state index is 0. The Morgan fingerprint density at radius 1 is 1.10 bits per heavy atom. The fourth-order valence-corrected chi connectivity index (χ4v) is 3.83. The third-order valence-corrected chi connectivity index (χ3v) is 5.39. The summed E-state index contributed by atoms with van der Waals surface area (Å²) >= 11 is 0. The first-order valence-electron chi connectivity index (χ1n) is 9.70. The third-order valence-electron chi connectivity index (χ3n) is 5.39. The van der Waals surface area contributed by atoms with E-state index in [0.29, 0.717) is 12.1 Å². The topological polar surface area (TPSA) is 58.3 Å². The number of rotatable bonds is 7. The molecule has 162 valence electrons. The highest BCUT2D eigenvalue weighted by atomic mass is 35.5. The molecule has 0 aromatic heterocycles. The molecule has 3 atom stereocenters. The smallest absolute Gasteiger partial charge is 0.126 e. The number of nitrogens with one attached hydrogen (secondary N) is 1. The third kappa shape index (κ3) is 6.90. The van der Waals surface area contributed by atoms with Crippen LogP contribution in [0.2, 0.25) is 0 Å². The summed E-state index contributed by atoms with van der Waals surface area (Å²) in [6.45, 7) is 2.49. The van der Waals surface area contributed by atoms with Gasteiger partial charge in [0.15, 0.2) is 0 Å². The zero-order chi connectivity index (χ0) is 19.4. The molecular formula is C22H30Cl2F2N2O. The first-order chi connectivity index (χ1) is 13.0. The molecule has 3 unspecified atom stereocenters. The molecule has 1 aliphatic carbocycles. The number of aliphatic hydroxyl groups is 1. The summed E-state index contributed by atoms with van der Waals surface area (Å²) < 4.78 is 26.6. The monoisotopic (exact) mass is 446 g/mol. The van der Waals surface area contributed by atoms with Crippen LogP contribution in [0.1, 0.15) is 48.1 Å². The van der Waals surface area contributed by atoms with Crippen molar-refractivity contribution in [3.63, 3.8) is 0 Å². The van der Waals surface area contributed by atoms with Crippen molar-refractivity contribution >= 4 is 24.8 Å². The van der Waals surface area contributed by atoms with Gasteiger partial charge in [0.05, 0.1) is 6.10 Å². The second-order valence-electron chi connectivity index (χ2n) is 7.45. The lowest BCUT2D eigenvalue weighted by atomic mass is 9.86. The molecule has 0 bridgehead atoms. The van der Waals surface area contributed by atoms with Crippen LogP contribution in [0.4, 0.5) is 8.78 Å². The maximum absolute atomic E-state index is 13.3. The maximum atomic E-state index is 13.3. The molecule has 0 heterocycles. The predicted molar refractivity (Wildman–Crippen MR) is 118 cm³/mol. The Morgan fingerprint density at radius 3 is 2.45 bits per heavy atom. The van der Waals surface area contributed by atoms with Gasteiger partial charge in [-0.15, -0.1) is 24.8 Å². The minimum atomic E-state index is -0.795. The molecule has 4 N–H and O–H groups in total. The first-order valence-corrected chi connectivity index (χ1v) is 9.70. The van der Waals surface area contributed by atoms with Crippen molar-refractivity contribution in [2.45, 2.75) is 57.2 Å². The summed E-state index contributed by atoms with van der Waals surface area (Å²) in [5.41, 5.74) is 10.5. The molecule has 1 aliphatic rings. The highest BCUT2D eigenvalue weighted by Crippen LogP contribution is 2.30. The Morgan fingerprint density at radius 2 is 1.79 bits per heavy atom. The van der Waals surface area contributed by atoms with E-state index in [1.807, 2.05) is 0 Å². The minimum Gasteiger partial charge on any atom is -0.390 e. The number of hydrogen-bond acceptors (Lipinski definition) is 3. The van der Waals surface area contributed by atoms with Gasteiger partial charge < -0.3 is 16.2 Å². The molecule has 0 radical (unpaired) electrons. The van der Waals surface area contributed by atoms with Crippen LogP contribution < -0.4 is 11.1 Å². The molecule has 0 saturated carbocycles. The fourth-order valence-electron chi connectivity index (χ4n) is 3.83. The van der Waals surface area contributed by atoms with Gasteiger partial charge in [0.2, 0.25) is 0 Å². The average molecular weight is 447 g/mol. The highest BCUT2D eigenvalue weighted by Gasteiger charge is 2.23. The van der Waals surface area contributed by atoms with E-state index < -0.39 is 23.8 Å². The van der Waals surface area contributed by atoms with E-state index in [4.69, 9.17) is 5.73 Å². The van der Waals surface area contributed by atoms with E-state index in [1.54, 1.807) is 0 Å². The number of nitrogens with two attached hydrogens (primary N) is 1. The zero-order valence-corrected chi connectivity index (χ0v) is 18.2. The number of fused-ring (bicyclic) bond motifs is 1. The second-order valence-corrected chi connectivity index (χ2v) is 7.45. The highest BCUT2D eigenvalue weighted by molar-refractivity contribution is 5.85. The number of hydrogen-bond donors (Lipinski definition) is 3. The Bertz CT molecular complexity index is 771. The largest absolute Gasteiger partial charge is 0.390 e. The van der Waals surface area contributed by atoms with Crippen LogP contribution in [-0.2, 0) is 19.3 Å². The summed E-state index contributed by atoms with van der Waals surface area (Å²) in [5, 5.41) is 13.9. The van der Waals surface area contributed by atoms with Crippen molar-refractivity contribution in [3.8, 4) is 0 Å². The standard InChI is InChI=1S/C22H28F2N2O.2ClH/c1-2-14-6-7-16-4-3-5-21(19(16)10-14)26-13-22(27)20(25)11-15-8-17(23)12-18(24)9-15;;/h6-10,12,20-22,26-27H,2-5,11,13,25H2,1H3;2*1H. The zero-order valence-electron chi connectivity index (χ0n) is 16.5. The van der Waals surface area contributed by atoms with Crippen molar-refractivity contribution in [1.29, 1.82) is 0 Å². The molecule has 0 aliphatic heterocycles. The van der Waals surface area contributed by atoms with E-state index >= 15 is 0 Å². The van der Waals surface area contributed by atoms with E-state index in [9.17, 15) is 13.9 Å². The quantitative estimate of drug-likeness (QED) is 0.594. The molecule has 2 aromatic rings. The maximum Gasteiger partial charge on any atom is 0.126 e. The average Bonchev–Trinajstić information content (AvgIpc) is 2.64. The van der Waals surface area contributed by atoms with Gasteiger partial charge in [0, 0.05) is 24.7 Å². The van der Waals surface area contributed by atoms with E-state index in [-0.39, 0.29) is 37.3 Å².